The molecule has 0 aromatic carbocycles. The Bertz CT molecular complexity index is 1510. The highest BCUT2D eigenvalue weighted by Crippen LogP contribution is 2.47. The van der Waals surface area contributed by atoms with E-state index >= 15 is 0 Å². The molecule has 1 aromatic heterocycles. The number of aryl methyl sites for hydroxylation is 1. The highest BCUT2D eigenvalue weighted by Gasteiger charge is 2.60. The second kappa shape index (κ2) is 25.4. The number of carbonyl (C=O) groups is 2. The number of ether oxygens (including phenoxy) is 2. The van der Waals surface area contributed by atoms with Crippen LogP contribution in [0.4, 0.5) is 8.78 Å². The number of unbranched alkanes of at least 4 members (excludes halogenated alkanes) is 1. The summed E-state index contributed by atoms with van der Waals surface area (Å²) in [5.41, 5.74) is -0.702. The van der Waals surface area contributed by atoms with E-state index in [0.29, 0.717) is 16.7 Å². The molecule has 0 aliphatic carbocycles. The van der Waals surface area contributed by atoms with Crippen molar-refractivity contribution in [2.75, 3.05) is 32.9 Å². The number of hydrogen-bond acceptors (Lipinski definition) is 10. The van der Waals surface area contributed by atoms with Crippen LogP contribution in [-0.4, -0.2) is 77.6 Å². The van der Waals surface area contributed by atoms with Crippen molar-refractivity contribution in [3.05, 3.63) is 89.2 Å². The first-order valence-electron chi connectivity index (χ1n) is 18.0. The molecule has 1 aliphatic rings. The molecule has 0 spiro atoms. The first kappa shape index (κ1) is 45.6. The van der Waals surface area contributed by atoms with E-state index in [4.69, 9.17) is 18.5 Å². The lowest BCUT2D eigenvalue weighted by atomic mass is 10.1. The van der Waals surface area contributed by atoms with Gasteiger partial charge in [-0.15, -0.1) is 0 Å². The molecule has 1 amide bonds. The molecular formula is C37H55F2N4O9P. The molecule has 2 heterocycles. The van der Waals surface area contributed by atoms with E-state index in [9.17, 15) is 32.8 Å². The van der Waals surface area contributed by atoms with Gasteiger partial charge in [0.05, 0.1) is 26.2 Å². The number of esters is 1. The number of hydrogen-bond donors (Lipinski definition) is 3. The average Bonchev–Trinajstić information content (AvgIpc) is 3.34. The Labute approximate surface area is 310 Å². The lowest BCUT2D eigenvalue weighted by molar-refractivity contribution is -0.142. The number of aliphatic hydroxyl groups excluding tert-OH is 1. The molecule has 0 bridgehead atoms. The molecule has 1 saturated heterocycles. The first-order chi connectivity index (χ1) is 25.4. The van der Waals surface area contributed by atoms with Gasteiger partial charge in [0.25, 0.3) is 0 Å². The van der Waals surface area contributed by atoms with Crippen LogP contribution in [0.5, 0.6) is 0 Å². The van der Waals surface area contributed by atoms with Crippen LogP contribution in [0.2, 0.25) is 0 Å². The summed E-state index contributed by atoms with van der Waals surface area (Å²) in [6.45, 7) is 4.02. The third-order valence-electron chi connectivity index (χ3n) is 7.57. The van der Waals surface area contributed by atoms with Gasteiger partial charge in [-0.05, 0) is 64.9 Å². The normalized spacial score (nSPS) is 20.0. The van der Waals surface area contributed by atoms with E-state index in [-0.39, 0.29) is 45.1 Å². The minimum atomic E-state index is -4.29. The van der Waals surface area contributed by atoms with Gasteiger partial charge in [0.15, 0.2) is 6.10 Å². The van der Waals surface area contributed by atoms with E-state index in [1.165, 1.54) is 13.0 Å². The number of aliphatic hydroxyl groups is 1. The van der Waals surface area contributed by atoms with Gasteiger partial charge < -0.3 is 19.9 Å². The van der Waals surface area contributed by atoms with Crippen molar-refractivity contribution in [2.45, 2.75) is 103 Å². The zero-order valence-corrected chi connectivity index (χ0v) is 31.8. The number of allylic oxidation sites excluding steroid dienone is 10. The van der Waals surface area contributed by atoms with Crippen LogP contribution < -0.4 is 16.1 Å². The Balaban J connectivity index is 1.76. The van der Waals surface area contributed by atoms with Crippen LogP contribution in [0.15, 0.2) is 77.8 Å². The van der Waals surface area contributed by atoms with Crippen LogP contribution in [0.1, 0.15) is 83.6 Å². The summed E-state index contributed by atoms with van der Waals surface area (Å²) < 4.78 is 64.8. The average molecular weight is 769 g/mol. The van der Waals surface area contributed by atoms with E-state index < -0.39 is 50.4 Å². The van der Waals surface area contributed by atoms with E-state index in [2.05, 4.69) is 70.9 Å². The monoisotopic (exact) mass is 768 g/mol. The third-order valence-corrected chi connectivity index (χ3v) is 9.19. The van der Waals surface area contributed by atoms with Gasteiger partial charge in [0, 0.05) is 31.4 Å². The maximum atomic E-state index is 15.0. The summed E-state index contributed by atoms with van der Waals surface area (Å²) >= 11 is 0. The molecule has 2 rings (SSSR count). The van der Waals surface area contributed by atoms with Crippen molar-refractivity contribution >= 4 is 19.6 Å². The van der Waals surface area contributed by atoms with E-state index in [1.54, 1.807) is 6.92 Å². The fourth-order valence-electron chi connectivity index (χ4n) is 4.80. The van der Waals surface area contributed by atoms with Crippen molar-refractivity contribution in [3.8, 4) is 0 Å². The van der Waals surface area contributed by atoms with Gasteiger partial charge in [0.1, 0.15) is 6.10 Å². The molecule has 53 heavy (non-hydrogen) atoms. The zero-order chi connectivity index (χ0) is 39.0. The van der Waals surface area contributed by atoms with Crippen LogP contribution in [-0.2, 0) is 32.7 Å². The number of amides is 1. The van der Waals surface area contributed by atoms with Crippen molar-refractivity contribution < 1.29 is 46.6 Å². The molecule has 16 heteroatoms. The molecule has 1 aromatic rings. The molecule has 4 unspecified atom stereocenters. The Hall–Kier alpha value is -3.59. The fraction of sp³-hybridized carbons (Fsp3) is 0.568. The predicted molar refractivity (Wildman–Crippen MR) is 198 cm³/mol. The van der Waals surface area contributed by atoms with Crippen LogP contribution >= 0.6 is 7.75 Å². The summed E-state index contributed by atoms with van der Waals surface area (Å²) in [6.07, 6.45) is 21.9. The Kier molecular flexibility index (Phi) is 21.9. The maximum Gasteiger partial charge on any atom is 0.405 e. The third kappa shape index (κ3) is 17.9. The second-order valence-electron chi connectivity index (χ2n) is 11.9. The molecule has 4 atom stereocenters. The number of nitrogens with zero attached hydrogens (tertiary/aromatic N) is 2. The zero-order valence-electron chi connectivity index (χ0n) is 30.9. The number of alkyl halides is 2. The molecule has 296 valence electrons. The molecule has 13 nitrogen and oxygen atoms in total. The minimum absolute atomic E-state index is 0.0422. The number of nitrogens with one attached hydrogen (secondary N) is 2. The molecular weight excluding hydrogens is 713 g/mol. The predicted octanol–water partition coefficient (Wildman–Crippen LogP) is 6.17. The highest BCUT2D eigenvalue weighted by atomic mass is 31.2. The van der Waals surface area contributed by atoms with Crippen LogP contribution in [0.25, 0.3) is 0 Å². The van der Waals surface area contributed by atoms with Gasteiger partial charge in [-0.25, -0.2) is 14.4 Å². The Morgan fingerprint density at radius 3 is 2.21 bits per heavy atom. The molecule has 3 N–H and O–H groups in total. The van der Waals surface area contributed by atoms with Gasteiger partial charge in [0.2, 0.25) is 12.1 Å². The lowest BCUT2D eigenvalue weighted by Crippen LogP contribution is -2.42. The van der Waals surface area contributed by atoms with Gasteiger partial charge >= 0.3 is 25.3 Å². The summed E-state index contributed by atoms with van der Waals surface area (Å²) in [5, 5.41) is 15.4. The summed E-state index contributed by atoms with van der Waals surface area (Å²) in [4.78, 5) is 39.9. The molecule has 1 aliphatic heterocycles. The highest BCUT2D eigenvalue weighted by molar-refractivity contribution is 7.51. The Morgan fingerprint density at radius 2 is 1.60 bits per heavy atom. The van der Waals surface area contributed by atoms with Crippen molar-refractivity contribution in [3.63, 3.8) is 0 Å². The SMILES string of the molecule is CCC=CCC=CCC=CCC=CCC=CCCCC(=O)NCCOP(=O)(NCCC(=O)OCC)OCC1OC(n2ccc(C)nc2=O)C(F)(F)C1O. The molecule has 1 fully saturated rings. The van der Waals surface area contributed by atoms with Crippen LogP contribution in [0, 0.1) is 6.92 Å². The van der Waals surface area contributed by atoms with Crippen LogP contribution in [0.3, 0.4) is 0 Å². The van der Waals surface area contributed by atoms with Gasteiger partial charge in [-0.2, -0.15) is 13.8 Å². The topological polar surface area (TPSA) is 167 Å². The summed E-state index contributed by atoms with van der Waals surface area (Å²) in [6, 6.07) is 1.33. The van der Waals surface area contributed by atoms with Crippen molar-refractivity contribution in [1.82, 2.24) is 20.0 Å². The van der Waals surface area contributed by atoms with Crippen molar-refractivity contribution in [2.24, 2.45) is 0 Å². The first-order valence-corrected chi connectivity index (χ1v) is 19.6. The molecule has 0 saturated carbocycles. The fourth-order valence-corrected chi connectivity index (χ4v) is 6.12. The quantitative estimate of drug-likeness (QED) is 0.0427. The van der Waals surface area contributed by atoms with E-state index in [1.807, 2.05) is 12.2 Å². The number of halogens is 2. The number of rotatable bonds is 26. The van der Waals surface area contributed by atoms with E-state index in [0.717, 1.165) is 44.7 Å². The summed E-state index contributed by atoms with van der Waals surface area (Å²) in [7, 11) is -4.29. The van der Waals surface area contributed by atoms with Crippen molar-refractivity contribution in [1.29, 1.82) is 0 Å². The maximum absolute atomic E-state index is 15.0. The minimum Gasteiger partial charge on any atom is -0.466 e. The van der Waals surface area contributed by atoms with Gasteiger partial charge in [-0.1, -0.05) is 67.7 Å². The standard InChI is InChI=1S/C37H55F2N4O9P/c1-4-6-7-8-9-10-11-12-13-14-15-16-17-18-19-20-21-22-32(44)40-26-28-50-53(48,41-25-23-33(45)49-5-2)51-29-31-34(46)37(38,39)35(52-31)43-27-24-30(3)42-36(43)47/h6-7,9-10,12-13,15-16,18-19,24,27,31,34-35,46H,4-5,8,11,14,17,20-23,25-26,28-29H2,1-3H3,(H,40,44)(H,41,48). The molecule has 0 radical (unpaired) electrons. The lowest BCUT2D eigenvalue weighted by Gasteiger charge is -2.22. The smallest absolute Gasteiger partial charge is 0.405 e. The number of carbonyl (C=O) groups excluding carboxylic acids is 2. The Morgan fingerprint density at radius 1 is 0.981 bits per heavy atom. The largest absolute Gasteiger partial charge is 0.466 e. The summed E-state index contributed by atoms with van der Waals surface area (Å²) in [5.74, 6) is -4.75. The number of aromatic nitrogens is 2. The van der Waals surface area contributed by atoms with Gasteiger partial charge in [-0.3, -0.25) is 23.2 Å². The second-order valence-corrected chi connectivity index (χ2v) is 13.8.